The van der Waals surface area contributed by atoms with E-state index in [0.717, 1.165) is 29.7 Å². The molecule has 3 aromatic rings. The Bertz CT molecular complexity index is 1040. The molecular formula is C26H30N2O. The second-order valence-electron chi connectivity index (χ2n) is 8.84. The Morgan fingerprint density at radius 1 is 0.897 bits per heavy atom. The highest BCUT2D eigenvalue weighted by Gasteiger charge is 2.16. The normalized spacial score (nSPS) is 11.5. The smallest absolute Gasteiger partial charge is 0.248 e. The van der Waals surface area contributed by atoms with Crippen molar-refractivity contribution in [3.63, 3.8) is 0 Å². The molecule has 2 aromatic carbocycles. The Morgan fingerprint density at radius 2 is 1.59 bits per heavy atom. The van der Waals surface area contributed by atoms with Gasteiger partial charge in [0.2, 0.25) is 5.91 Å². The Morgan fingerprint density at radius 3 is 2.17 bits per heavy atom. The number of carbonyl (C=O) groups excluding carboxylic acids is 1. The lowest BCUT2D eigenvalue weighted by Gasteiger charge is -2.22. The van der Waals surface area contributed by atoms with Crippen LogP contribution < -0.4 is 5.73 Å². The molecule has 3 rings (SSSR count). The van der Waals surface area contributed by atoms with Crippen LogP contribution >= 0.6 is 0 Å². The summed E-state index contributed by atoms with van der Waals surface area (Å²) in [5.74, 6) is -0.400. The van der Waals surface area contributed by atoms with E-state index in [4.69, 9.17) is 5.73 Å². The van der Waals surface area contributed by atoms with Gasteiger partial charge in [-0.1, -0.05) is 45.0 Å². The first kappa shape index (κ1) is 20.8. The number of primary amides is 1. The summed E-state index contributed by atoms with van der Waals surface area (Å²) in [7, 11) is 0. The standard InChI is InChI=1S/C26H30N2O/c1-17-15-21(9-10-22(17)25(27)29)24-16-20(12-13-28-24)7-6-19-8-11-23(18(2)14-19)26(3,4)5/h8-16H,6-7H2,1-5H3,(H2,27,29). The van der Waals surface area contributed by atoms with Crippen LogP contribution in [0.4, 0.5) is 0 Å². The molecule has 1 amide bonds. The first-order chi connectivity index (χ1) is 13.6. The van der Waals surface area contributed by atoms with Gasteiger partial charge in [0, 0.05) is 17.3 Å². The van der Waals surface area contributed by atoms with E-state index in [1.807, 2.05) is 25.3 Å². The van der Waals surface area contributed by atoms with E-state index in [2.05, 4.69) is 63.0 Å². The van der Waals surface area contributed by atoms with Crippen LogP contribution in [0, 0.1) is 13.8 Å². The average Bonchev–Trinajstić information content (AvgIpc) is 2.65. The lowest BCUT2D eigenvalue weighted by Crippen LogP contribution is -2.13. The number of hydrogen-bond donors (Lipinski definition) is 1. The molecule has 1 heterocycles. The van der Waals surface area contributed by atoms with E-state index >= 15 is 0 Å². The summed E-state index contributed by atoms with van der Waals surface area (Å²) in [5, 5.41) is 0. The second kappa shape index (κ2) is 8.20. The molecule has 29 heavy (non-hydrogen) atoms. The van der Waals surface area contributed by atoms with Crippen molar-refractivity contribution in [1.29, 1.82) is 0 Å². The average molecular weight is 387 g/mol. The van der Waals surface area contributed by atoms with Gasteiger partial charge in [0.1, 0.15) is 0 Å². The van der Waals surface area contributed by atoms with Crippen LogP contribution in [0.3, 0.4) is 0 Å². The molecule has 3 heteroatoms. The summed E-state index contributed by atoms with van der Waals surface area (Å²) in [6.45, 7) is 10.9. The molecule has 1 aromatic heterocycles. The number of benzene rings is 2. The Hall–Kier alpha value is -2.94. The summed E-state index contributed by atoms with van der Waals surface area (Å²) in [4.78, 5) is 16.0. The molecule has 0 saturated heterocycles. The van der Waals surface area contributed by atoms with Crippen LogP contribution in [0.25, 0.3) is 11.3 Å². The molecule has 0 saturated carbocycles. The molecule has 0 atom stereocenters. The fourth-order valence-electron chi connectivity index (χ4n) is 3.90. The summed E-state index contributed by atoms with van der Waals surface area (Å²) in [6, 6.07) is 16.7. The molecule has 0 aliphatic carbocycles. The van der Waals surface area contributed by atoms with Crippen molar-refractivity contribution >= 4 is 5.91 Å². The number of carbonyl (C=O) groups is 1. The molecule has 150 valence electrons. The first-order valence-electron chi connectivity index (χ1n) is 10.1. The van der Waals surface area contributed by atoms with Crippen LogP contribution in [0.5, 0.6) is 0 Å². The molecule has 0 spiro atoms. The minimum absolute atomic E-state index is 0.171. The largest absolute Gasteiger partial charge is 0.366 e. The number of pyridine rings is 1. The Balaban J connectivity index is 1.76. The van der Waals surface area contributed by atoms with Crippen molar-refractivity contribution in [2.75, 3.05) is 0 Å². The third-order valence-electron chi connectivity index (χ3n) is 5.41. The lowest BCUT2D eigenvalue weighted by atomic mass is 9.83. The number of hydrogen-bond acceptors (Lipinski definition) is 2. The van der Waals surface area contributed by atoms with Gasteiger partial charge in [-0.2, -0.15) is 0 Å². The molecule has 0 aliphatic rings. The predicted octanol–water partition coefficient (Wildman–Crippen LogP) is 5.55. The van der Waals surface area contributed by atoms with Gasteiger partial charge in [-0.3, -0.25) is 9.78 Å². The zero-order valence-corrected chi connectivity index (χ0v) is 18.0. The number of aromatic nitrogens is 1. The van der Waals surface area contributed by atoms with Crippen LogP contribution in [0.15, 0.2) is 54.7 Å². The summed E-state index contributed by atoms with van der Waals surface area (Å²) in [6.07, 6.45) is 3.81. The fraction of sp³-hybridized carbons (Fsp3) is 0.308. The van der Waals surface area contributed by atoms with E-state index in [1.165, 1.54) is 22.3 Å². The summed E-state index contributed by atoms with van der Waals surface area (Å²) >= 11 is 0. The van der Waals surface area contributed by atoms with E-state index in [-0.39, 0.29) is 5.41 Å². The van der Waals surface area contributed by atoms with Crippen molar-refractivity contribution in [2.24, 2.45) is 5.73 Å². The molecule has 0 fully saturated rings. The van der Waals surface area contributed by atoms with Gasteiger partial charge in [-0.25, -0.2) is 0 Å². The van der Waals surface area contributed by atoms with E-state index < -0.39 is 5.91 Å². The van der Waals surface area contributed by atoms with Gasteiger partial charge >= 0.3 is 0 Å². The van der Waals surface area contributed by atoms with Gasteiger partial charge in [0.15, 0.2) is 0 Å². The number of nitrogens with zero attached hydrogens (tertiary/aromatic N) is 1. The fourth-order valence-corrected chi connectivity index (χ4v) is 3.90. The molecule has 2 N–H and O–H groups in total. The maximum absolute atomic E-state index is 11.4. The highest BCUT2D eigenvalue weighted by Crippen LogP contribution is 2.27. The minimum Gasteiger partial charge on any atom is -0.366 e. The number of rotatable bonds is 5. The molecule has 3 nitrogen and oxygen atoms in total. The van der Waals surface area contributed by atoms with Crippen LogP contribution in [-0.2, 0) is 18.3 Å². The topological polar surface area (TPSA) is 56.0 Å². The minimum atomic E-state index is -0.400. The quantitative estimate of drug-likeness (QED) is 0.625. The van der Waals surface area contributed by atoms with Crippen molar-refractivity contribution < 1.29 is 4.79 Å². The first-order valence-corrected chi connectivity index (χ1v) is 10.1. The monoisotopic (exact) mass is 386 g/mol. The van der Waals surface area contributed by atoms with Crippen molar-refractivity contribution in [3.8, 4) is 11.3 Å². The zero-order chi connectivity index (χ0) is 21.2. The summed E-state index contributed by atoms with van der Waals surface area (Å²) < 4.78 is 0. The van der Waals surface area contributed by atoms with Gasteiger partial charge in [-0.05, 0) is 84.2 Å². The summed E-state index contributed by atoms with van der Waals surface area (Å²) in [5.41, 5.74) is 14.3. The van der Waals surface area contributed by atoms with Crippen LogP contribution in [0.1, 0.15) is 58.9 Å². The van der Waals surface area contributed by atoms with Gasteiger partial charge < -0.3 is 5.73 Å². The number of nitrogens with two attached hydrogens (primary N) is 1. The van der Waals surface area contributed by atoms with Crippen LogP contribution in [0.2, 0.25) is 0 Å². The molecule has 0 aliphatic heterocycles. The van der Waals surface area contributed by atoms with Crippen molar-refractivity contribution in [2.45, 2.75) is 52.9 Å². The van der Waals surface area contributed by atoms with Crippen molar-refractivity contribution in [3.05, 3.63) is 88.1 Å². The van der Waals surface area contributed by atoms with Gasteiger partial charge in [0.05, 0.1) is 5.69 Å². The second-order valence-corrected chi connectivity index (χ2v) is 8.84. The SMILES string of the molecule is Cc1cc(-c2cc(CCc3ccc(C(C)(C)C)c(C)c3)ccn2)ccc1C(N)=O. The molecular weight excluding hydrogens is 356 g/mol. The van der Waals surface area contributed by atoms with Gasteiger partial charge in [0.25, 0.3) is 0 Å². The van der Waals surface area contributed by atoms with Crippen LogP contribution in [-0.4, -0.2) is 10.9 Å². The molecule has 0 radical (unpaired) electrons. The molecule has 0 bridgehead atoms. The highest BCUT2D eigenvalue weighted by atomic mass is 16.1. The highest BCUT2D eigenvalue weighted by molar-refractivity contribution is 5.94. The van der Waals surface area contributed by atoms with E-state index in [9.17, 15) is 4.79 Å². The molecule has 0 unspecified atom stereocenters. The van der Waals surface area contributed by atoms with Gasteiger partial charge in [-0.15, -0.1) is 0 Å². The maximum Gasteiger partial charge on any atom is 0.248 e. The maximum atomic E-state index is 11.4. The van der Waals surface area contributed by atoms with E-state index in [1.54, 1.807) is 6.07 Å². The Labute approximate surface area is 174 Å². The Kier molecular flexibility index (Phi) is 5.88. The third kappa shape index (κ3) is 4.92. The lowest BCUT2D eigenvalue weighted by molar-refractivity contribution is 0.0999. The predicted molar refractivity (Wildman–Crippen MR) is 120 cm³/mol. The van der Waals surface area contributed by atoms with Crippen molar-refractivity contribution in [1.82, 2.24) is 4.98 Å². The number of amides is 1. The third-order valence-corrected chi connectivity index (χ3v) is 5.41. The number of aryl methyl sites for hydroxylation is 4. The zero-order valence-electron chi connectivity index (χ0n) is 18.0. The van der Waals surface area contributed by atoms with E-state index in [0.29, 0.717) is 5.56 Å².